The molecule has 0 aliphatic carbocycles. The zero-order chi connectivity index (χ0) is 20.4. The fourth-order valence-corrected chi connectivity index (χ4v) is 3.09. The first-order valence-corrected chi connectivity index (χ1v) is 9.25. The third-order valence-corrected chi connectivity index (χ3v) is 4.67. The van der Waals surface area contributed by atoms with E-state index in [0.717, 1.165) is 11.3 Å². The Bertz CT molecular complexity index is 1050. The highest BCUT2D eigenvalue weighted by Crippen LogP contribution is 2.24. The number of amides is 3. The van der Waals surface area contributed by atoms with Crippen LogP contribution in [-0.2, 0) is 0 Å². The molecule has 2 N–H and O–H groups in total. The van der Waals surface area contributed by atoms with Crippen molar-refractivity contribution in [1.82, 2.24) is 25.8 Å². The molecule has 0 unspecified atom stereocenters. The number of carbonyl (C=O) groups excluding carboxylic acids is 2. The summed E-state index contributed by atoms with van der Waals surface area (Å²) in [5.41, 5.74) is 2.67. The number of nitrogens with zero attached hydrogens (tertiary/aromatic N) is 4. The van der Waals surface area contributed by atoms with Gasteiger partial charge in [-0.3, -0.25) is 14.7 Å². The molecule has 0 saturated carbocycles. The molecule has 3 amide bonds. The standard InChI is InChI=1S/C20H20N6O3/c1-12-6-7-14(11-16(12)26-10-9-22-20(26)28)18(27)23-13(2)19-24-17(25-29-19)15-5-3-4-8-21-15/h3-8,11,13H,9-10H2,1-2H3,(H,22,28)(H,23,27)/t13-/m1/s1. The molecular formula is C20H20N6O3. The SMILES string of the molecule is Cc1ccc(C(=O)N[C@H](C)c2nc(-c3ccccn3)no2)cc1N1CCNC1=O. The summed E-state index contributed by atoms with van der Waals surface area (Å²) in [6.07, 6.45) is 1.65. The van der Waals surface area contributed by atoms with E-state index in [9.17, 15) is 9.59 Å². The summed E-state index contributed by atoms with van der Waals surface area (Å²) in [5.74, 6) is 0.348. The predicted molar refractivity (Wildman–Crippen MR) is 105 cm³/mol. The minimum Gasteiger partial charge on any atom is -0.341 e. The van der Waals surface area contributed by atoms with Gasteiger partial charge in [0.1, 0.15) is 11.7 Å². The van der Waals surface area contributed by atoms with Crippen molar-refractivity contribution in [3.63, 3.8) is 0 Å². The van der Waals surface area contributed by atoms with E-state index in [1.165, 1.54) is 0 Å². The molecule has 0 radical (unpaired) electrons. The first-order valence-electron chi connectivity index (χ1n) is 9.25. The number of benzene rings is 1. The maximum atomic E-state index is 12.7. The second-order valence-electron chi connectivity index (χ2n) is 6.75. The Morgan fingerprint density at radius 1 is 1.31 bits per heavy atom. The van der Waals surface area contributed by atoms with E-state index in [0.29, 0.717) is 30.2 Å². The Kier molecular flexibility index (Phi) is 4.94. The number of aromatic nitrogens is 3. The topological polar surface area (TPSA) is 113 Å². The van der Waals surface area contributed by atoms with E-state index in [4.69, 9.17) is 4.52 Å². The third kappa shape index (κ3) is 3.79. The van der Waals surface area contributed by atoms with Gasteiger partial charge in [0.15, 0.2) is 0 Å². The predicted octanol–water partition coefficient (Wildman–Crippen LogP) is 2.46. The van der Waals surface area contributed by atoms with Gasteiger partial charge < -0.3 is 15.2 Å². The van der Waals surface area contributed by atoms with Crippen molar-refractivity contribution in [1.29, 1.82) is 0 Å². The average Bonchev–Trinajstić information content (AvgIpc) is 3.38. The average molecular weight is 392 g/mol. The van der Waals surface area contributed by atoms with Crippen LogP contribution in [0.5, 0.6) is 0 Å². The Morgan fingerprint density at radius 2 is 2.17 bits per heavy atom. The van der Waals surface area contributed by atoms with Gasteiger partial charge in [-0.05, 0) is 43.7 Å². The van der Waals surface area contributed by atoms with E-state index >= 15 is 0 Å². The maximum Gasteiger partial charge on any atom is 0.322 e. The minimum absolute atomic E-state index is 0.160. The van der Waals surface area contributed by atoms with Crippen LogP contribution in [0.15, 0.2) is 47.1 Å². The highest BCUT2D eigenvalue weighted by Gasteiger charge is 2.24. The summed E-state index contributed by atoms with van der Waals surface area (Å²) < 4.78 is 5.28. The van der Waals surface area contributed by atoms with E-state index in [1.54, 1.807) is 42.3 Å². The van der Waals surface area contributed by atoms with E-state index in [2.05, 4.69) is 25.8 Å². The van der Waals surface area contributed by atoms with Crippen LogP contribution in [0, 0.1) is 6.92 Å². The Hall–Kier alpha value is -3.75. The summed E-state index contributed by atoms with van der Waals surface area (Å²) in [4.78, 5) is 34.8. The van der Waals surface area contributed by atoms with Crippen molar-refractivity contribution in [2.24, 2.45) is 0 Å². The van der Waals surface area contributed by atoms with Gasteiger partial charge in [0.25, 0.3) is 5.91 Å². The molecule has 3 heterocycles. The monoisotopic (exact) mass is 392 g/mol. The van der Waals surface area contributed by atoms with Crippen molar-refractivity contribution >= 4 is 17.6 Å². The third-order valence-electron chi connectivity index (χ3n) is 4.67. The molecule has 0 spiro atoms. The smallest absolute Gasteiger partial charge is 0.322 e. The summed E-state index contributed by atoms with van der Waals surface area (Å²) in [6, 6.07) is 10.0. The van der Waals surface area contributed by atoms with Crippen LogP contribution in [0.25, 0.3) is 11.5 Å². The quantitative estimate of drug-likeness (QED) is 0.690. The molecule has 1 fully saturated rings. The van der Waals surface area contributed by atoms with Crippen LogP contribution in [0.1, 0.15) is 34.8 Å². The number of urea groups is 1. The van der Waals surface area contributed by atoms with Crippen LogP contribution in [0.4, 0.5) is 10.5 Å². The summed E-state index contributed by atoms with van der Waals surface area (Å²) in [5, 5.41) is 9.54. The molecule has 4 rings (SSSR count). The lowest BCUT2D eigenvalue weighted by Crippen LogP contribution is -2.30. The molecule has 1 aromatic carbocycles. The molecular weight excluding hydrogens is 372 g/mol. The molecule has 148 valence electrons. The molecule has 2 aromatic heterocycles. The van der Waals surface area contributed by atoms with Gasteiger partial charge in [0.2, 0.25) is 11.7 Å². The molecule has 29 heavy (non-hydrogen) atoms. The lowest BCUT2D eigenvalue weighted by molar-refractivity contribution is 0.0932. The van der Waals surface area contributed by atoms with Crippen LogP contribution < -0.4 is 15.5 Å². The van der Waals surface area contributed by atoms with Crippen molar-refractivity contribution in [2.75, 3.05) is 18.0 Å². The summed E-state index contributed by atoms with van der Waals surface area (Å²) >= 11 is 0. The van der Waals surface area contributed by atoms with Crippen molar-refractivity contribution in [2.45, 2.75) is 19.9 Å². The molecule has 1 atom stereocenters. The summed E-state index contributed by atoms with van der Waals surface area (Å²) in [7, 11) is 0. The molecule has 9 nitrogen and oxygen atoms in total. The molecule has 1 aliphatic rings. The van der Waals surface area contributed by atoms with Crippen LogP contribution in [0.3, 0.4) is 0 Å². The Balaban J connectivity index is 1.49. The zero-order valence-electron chi connectivity index (χ0n) is 16.0. The number of hydrogen-bond donors (Lipinski definition) is 2. The van der Waals surface area contributed by atoms with Gasteiger partial charge in [-0.15, -0.1) is 0 Å². The number of anilines is 1. The van der Waals surface area contributed by atoms with Gasteiger partial charge in [-0.2, -0.15) is 4.98 Å². The lowest BCUT2D eigenvalue weighted by Gasteiger charge is -2.18. The number of carbonyl (C=O) groups is 2. The summed E-state index contributed by atoms with van der Waals surface area (Å²) in [6.45, 7) is 4.82. The number of pyridine rings is 1. The number of hydrogen-bond acceptors (Lipinski definition) is 6. The van der Waals surface area contributed by atoms with Gasteiger partial charge in [-0.1, -0.05) is 17.3 Å². The molecule has 9 heteroatoms. The highest BCUT2D eigenvalue weighted by atomic mass is 16.5. The molecule has 3 aromatic rings. The van der Waals surface area contributed by atoms with Crippen molar-refractivity contribution in [3.05, 3.63) is 59.6 Å². The molecule has 1 aliphatic heterocycles. The van der Waals surface area contributed by atoms with E-state index < -0.39 is 6.04 Å². The number of nitrogens with one attached hydrogen (secondary N) is 2. The van der Waals surface area contributed by atoms with Gasteiger partial charge in [0.05, 0.1) is 0 Å². The van der Waals surface area contributed by atoms with E-state index in [-0.39, 0.29) is 17.8 Å². The first kappa shape index (κ1) is 18.6. The van der Waals surface area contributed by atoms with Gasteiger partial charge >= 0.3 is 6.03 Å². The van der Waals surface area contributed by atoms with E-state index in [1.807, 2.05) is 19.1 Å². The largest absolute Gasteiger partial charge is 0.341 e. The van der Waals surface area contributed by atoms with Crippen molar-refractivity contribution < 1.29 is 14.1 Å². The Labute approximate surface area is 167 Å². The first-order chi connectivity index (χ1) is 14.0. The molecule has 1 saturated heterocycles. The second kappa shape index (κ2) is 7.70. The number of aryl methyl sites for hydroxylation is 1. The minimum atomic E-state index is -0.493. The fourth-order valence-electron chi connectivity index (χ4n) is 3.09. The van der Waals surface area contributed by atoms with Crippen LogP contribution in [0.2, 0.25) is 0 Å². The van der Waals surface area contributed by atoms with Crippen molar-refractivity contribution in [3.8, 4) is 11.5 Å². The van der Waals surface area contributed by atoms with Gasteiger partial charge in [-0.25, -0.2) is 4.79 Å². The zero-order valence-corrected chi connectivity index (χ0v) is 16.0. The molecule has 0 bridgehead atoms. The van der Waals surface area contributed by atoms with Crippen LogP contribution >= 0.6 is 0 Å². The normalized spacial score (nSPS) is 14.6. The van der Waals surface area contributed by atoms with Gasteiger partial charge in [0, 0.05) is 30.5 Å². The second-order valence-corrected chi connectivity index (χ2v) is 6.75. The fraction of sp³-hybridized carbons (Fsp3) is 0.250. The number of rotatable bonds is 5. The Morgan fingerprint density at radius 3 is 2.90 bits per heavy atom. The lowest BCUT2D eigenvalue weighted by atomic mass is 10.1. The highest BCUT2D eigenvalue weighted by molar-refractivity contribution is 5.99. The van der Waals surface area contributed by atoms with Crippen LogP contribution in [-0.4, -0.2) is 40.2 Å². The maximum absolute atomic E-state index is 12.7.